The minimum atomic E-state index is 0.615. The molecule has 1 atom stereocenters. The first-order valence-electron chi connectivity index (χ1n) is 5.43. The summed E-state index contributed by atoms with van der Waals surface area (Å²) in [5.74, 6) is 2.16. The van der Waals surface area contributed by atoms with Crippen LogP contribution in [0.1, 0.15) is 31.4 Å². The largest absolute Gasteiger partial charge is 0.315 e. The standard InChI is InChI=1S/C10H18N4/c1-3-14-8(2)12-13-10(14)7-9-5-4-6-11-9/h9,11H,3-7H2,1-2H3. The molecule has 4 heteroatoms. The Bertz CT molecular complexity index is 299. The molecule has 1 aliphatic heterocycles. The van der Waals surface area contributed by atoms with E-state index in [1.54, 1.807) is 0 Å². The highest BCUT2D eigenvalue weighted by molar-refractivity contribution is 4.97. The summed E-state index contributed by atoms with van der Waals surface area (Å²) in [6.07, 6.45) is 3.59. The molecule has 1 N–H and O–H groups in total. The van der Waals surface area contributed by atoms with E-state index < -0.39 is 0 Å². The van der Waals surface area contributed by atoms with Gasteiger partial charge in [0.2, 0.25) is 0 Å². The van der Waals surface area contributed by atoms with Crippen molar-refractivity contribution in [2.45, 2.75) is 45.7 Å². The highest BCUT2D eigenvalue weighted by Gasteiger charge is 2.17. The maximum absolute atomic E-state index is 4.22. The second-order valence-corrected chi connectivity index (χ2v) is 3.91. The van der Waals surface area contributed by atoms with Crippen LogP contribution < -0.4 is 5.32 Å². The third kappa shape index (κ3) is 1.80. The van der Waals surface area contributed by atoms with Crippen molar-refractivity contribution in [1.29, 1.82) is 0 Å². The van der Waals surface area contributed by atoms with Crippen LogP contribution in [0.3, 0.4) is 0 Å². The Balaban J connectivity index is 2.07. The van der Waals surface area contributed by atoms with Crippen LogP contribution in [0.2, 0.25) is 0 Å². The van der Waals surface area contributed by atoms with Crippen LogP contribution in [0, 0.1) is 6.92 Å². The van der Waals surface area contributed by atoms with Crippen LogP contribution in [0.15, 0.2) is 0 Å². The van der Waals surface area contributed by atoms with Gasteiger partial charge in [-0.3, -0.25) is 0 Å². The summed E-state index contributed by atoms with van der Waals surface area (Å²) >= 11 is 0. The first-order chi connectivity index (χ1) is 6.81. The second-order valence-electron chi connectivity index (χ2n) is 3.91. The predicted molar refractivity (Wildman–Crippen MR) is 55.2 cm³/mol. The van der Waals surface area contributed by atoms with E-state index in [2.05, 4.69) is 27.0 Å². The van der Waals surface area contributed by atoms with E-state index in [1.165, 1.54) is 12.8 Å². The molecule has 2 heterocycles. The zero-order valence-corrected chi connectivity index (χ0v) is 8.95. The smallest absolute Gasteiger partial charge is 0.134 e. The Hall–Kier alpha value is -0.900. The Morgan fingerprint density at radius 2 is 2.36 bits per heavy atom. The molecule has 0 spiro atoms. The second kappa shape index (κ2) is 4.09. The van der Waals surface area contributed by atoms with Gasteiger partial charge in [0.05, 0.1) is 0 Å². The molecule has 0 radical (unpaired) electrons. The Kier molecular flexibility index (Phi) is 2.82. The van der Waals surface area contributed by atoms with E-state index in [1.807, 2.05) is 6.92 Å². The van der Waals surface area contributed by atoms with E-state index in [9.17, 15) is 0 Å². The van der Waals surface area contributed by atoms with Gasteiger partial charge in [0.15, 0.2) is 0 Å². The van der Waals surface area contributed by atoms with E-state index in [0.29, 0.717) is 6.04 Å². The van der Waals surface area contributed by atoms with Gasteiger partial charge in [-0.15, -0.1) is 10.2 Å². The Morgan fingerprint density at radius 1 is 1.50 bits per heavy atom. The number of aromatic nitrogens is 3. The van der Waals surface area contributed by atoms with Crippen molar-refractivity contribution < 1.29 is 0 Å². The van der Waals surface area contributed by atoms with E-state index >= 15 is 0 Å². The first-order valence-corrected chi connectivity index (χ1v) is 5.43. The van der Waals surface area contributed by atoms with Crippen molar-refractivity contribution in [3.05, 3.63) is 11.6 Å². The molecule has 0 amide bonds. The molecule has 4 nitrogen and oxygen atoms in total. The number of rotatable bonds is 3. The van der Waals surface area contributed by atoms with Gasteiger partial charge < -0.3 is 9.88 Å². The van der Waals surface area contributed by atoms with Crippen LogP contribution in [-0.4, -0.2) is 27.4 Å². The molecule has 1 aromatic rings. The van der Waals surface area contributed by atoms with Crippen molar-refractivity contribution in [3.8, 4) is 0 Å². The van der Waals surface area contributed by atoms with Crippen molar-refractivity contribution in [1.82, 2.24) is 20.1 Å². The maximum atomic E-state index is 4.22. The minimum absolute atomic E-state index is 0.615. The van der Waals surface area contributed by atoms with Crippen molar-refractivity contribution in [2.75, 3.05) is 6.54 Å². The summed E-state index contributed by atoms with van der Waals surface area (Å²) in [5, 5.41) is 11.8. The third-order valence-corrected chi connectivity index (χ3v) is 2.92. The molecule has 0 aromatic carbocycles. The van der Waals surface area contributed by atoms with Gasteiger partial charge in [0, 0.05) is 19.0 Å². The molecule has 0 bridgehead atoms. The summed E-state index contributed by atoms with van der Waals surface area (Å²) in [6.45, 7) is 6.29. The van der Waals surface area contributed by atoms with Crippen molar-refractivity contribution in [3.63, 3.8) is 0 Å². The lowest BCUT2D eigenvalue weighted by Crippen LogP contribution is -2.25. The van der Waals surface area contributed by atoms with E-state index in [0.717, 1.165) is 31.2 Å². The molecule has 0 aliphatic carbocycles. The summed E-state index contributed by atoms with van der Waals surface area (Å²) < 4.78 is 2.19. The first kappa shape index (κ1) is 9.65. The monoisotopic (exact) mass is 194 g/mol. The molecule has 1 fully saturated rings. The minimum Gasteiger partial charge on any atom is -0.315 e. The summed E-state index contributed by atoms with van der Waals surface area (Å²) in [4.78, 5) is 0. The van der Waals surface area contributed by atoms with Crippen LogP contribution in [0.4, 0.5) is 0 Å². The molecule has 1 aliphatic rings. The molecule has 1 unspecified atom stereocenters. The van der Waals surface area contributed by atoms with Gasteiger partial charge in [0.25, 0.3) is 0 Å². The normalized spacial score (nSPS) is 21.7. The lowest BCUT2D eigenvalue weighted by Gasteiger charge is -2.10. The SMILES string of the molecule is CCn1c(C)nnc1CC1CCCN1. The fourth-order valence-electron chi connectivity index (χ4n) is 2.14. The fourth-order valence-corrected chi connectivity index (χ4v) is 2.14. The van der Waals surface area contributed by atoms with Gasteiger partial charge in [-0.05, 0) is 33.2 Å². The average molecular weight is 194 g/mol. The molecule has 14 heavy (non-hydrogen) atoms. The topological polar surface area (TPSA) is 42.7 Å². The summed E-state index contributed by atoms with van der Waals surface area (Å²) in [7, 11) is 0. The van der Waals surface area contributed by atoms with E-state index in [4.69, 9.17) is 0 Å². The third-order valence-electron chi connectivity index (χ3n) is 2.92. The zero-order valence-electron chi connectivity index (χ0n) is 8.95. The lowest BCUT2D eigenvalue weighted by atomic mass is 10.1. The molecule has 1 saturated heterocycles. The Labute approximate surface area is 84.7 Å². The Morgan fingerprint density at radius 3 is 3.00 bits per heavy atom. The maximum Gasteiger partial charge on any atom is 0.134 e. The molecule has 78 valence electrons. The highest BCUT2D eigenvalue weighted by atomic mass is 15.3. The van der Waals surface area contributed by atoms with Crippen LogP contribution in [0.5, 0.6) is 0 Å². The van der Waals surface area contributed by atoms with Crippen molar-refractivity contribution >= 4 is 0 Å². The predicted octanol–water partition coefficient (Wildman–Crippen LogP) is 0.901. The number of hydrogen-bond acceptors (Lipinski definition) is 3. The van der Waals surface area contributed by atoms with Gasteiger partial charge in [0.1, 0.15) is 11.6 Å². The number of hydrogen-bond donors (Lipinski definition) is 1. The van der Waals surface area contributed by atoms with E-state index in [-0.39, 0.29) is 0 Å². The zero-order chi connectivity index (χ0) is 9.97. The molecular weight excluding hydrogens is 176 g/mol. The molecule has 2 rings (SSSR count). The van der Waals surface area contributed by atoms with Gasteiger partial charge >= 0.3 is 0 Å². The lowest BCUT2D eigenvalue weighted by molar-refractivity contribution is 0.558. The number of nitrogens with one attached hydrogen (secondary N) is 1. The quantitative estimate of drug-likeness (QED) is 0.777. The molecule has 1 aromatic heterocycles. The van der Waals surface area contributed by atoms with Gasteiger partial charge in [-0.25, -0.2) is 0 Å². The van der Waals surface area contributed by atoms with Gasteiger partial charge in [-0.1, -0.05) is 0 Å². The fraction of sp³-hybridized carbons (Fsp3) is 0.800. The van der Waals surface area contributed by atoms with Crippen LogP contribution in [0.25, 0.3) is 0 Å². The number of aryl methyl sites for hydroxylation is 1. The van der Waals surface area contributed by atoms with Gasteiger partial charge in [-0.2, -0.15) is 0 Å². The molecular formula is C10H18N4. The van der Waals surface area contributed by atoms with Crippen molar-refractivity contribution in [2.24, 2.45) is 0 Å². The highest BCUT2D eigenvalue weighted by Crippen LogP contribution is 2.11. The summed E-state index contributed by atoms with van der Waals surface area (Å²) in [5.41, 5.74) is 0. The average Bonchev–Trinajstić information content (AvgIpc) is 2.77. The van der Waals surface area contributed by atoms with Crippen LogP contribution in [-0.2, 0) is 13.0 Å². The molecule has 0 saturated carbocycles. The number of nitrogens with zero attached hydrogens (tertiary/aromatic N) is 3. The summed E-state index contributed by atoms with van der Waals surface area (Å²) in [6, 6.07) is 0.615. The van der Waals surface area contributed by atoms with Crippen LogP contribution >= 0.6 is 0 Å².